The van der Waals surface area contributed by atoms with E-state index >= 15 is 0 Å². The lowest BCUT2D eigenvalue weighted by molar-refractivity contribution is -0.123. The molecule has 42 heavy (non-hydrogen) atoms. The molecule has 0 aliphatic carbocycles. The summed E-state index contributed by atoms with van der Waals surface area (Å²) in [6.07, 6.45) is 0.567. The summed E-state index contributed by atoms with van der Waals surface area (Å²) in [5, 5.41) is 15.5. The number of unbranched alkanes of at least 4 members (excludes halogenated alkanes) is 1. The smallest absolute Gasteiger partial charge is 0.408 e. The summed E-state index contributed by atoms with van der Waals surface area (Å²) >= 11 is 0. The lowest BCUT2D eigenvalue weighted by Gasteiger charge is -2.31. The number of carbonyl (C=O) groups is 2. The van der Waals surface area contributed by atoms with Crippen molar-refractivity contribution in [3.05, 3.63) is 65.5 Å². The van der Waals surface area contributed by atoms with Crippen molar-refractivity contribution in [2.24, 2.45) is 5.92 Å². The van der Waals surface area contributed by atoms with Crippen LogP contribution in [0.25, 0.3) is 0 Å². The first kappa shape index (κ1) is 35.2. The highest BCUT2D eigenvalue weighted by Gasteiger charge is 2.31. The van der Waals surface area contributed by atoms with Gasteiger partial charge in [-0.2, -0.15) is 4.31 Å². The second kappa shape index (κ2) is 16.0. The van der Waals surface area contributed by atoms with Crippen molar-refractivity contribution in [2.75, 3.05) is 19.7 Å². The van der Waals surface area contributed by atoms with Crippen LogP contribution >= 0.6 is 0 Å². The average Bonchev–Trinajstić information content (AvgIpc) is 2.89. The largest absolute Gasteiger partial charge is 0.444 e. The van der Waals surface area contributed by atoms with Crippen LogP contribution in [0.15, 0.2) is 53.4 Å². The maximum Gasteiger partial charge on any atom is 0.408 e. The number of amides is 2. The van der Waals surface area contributed by atoms with E-state index in [-0.39, 0.29) is 42.5 Å². The molecule has 2 atom stereocenters. The molecule has 3 N–H and O–H groups in total. The second-order valence-electron chi connectivity index (χ2n) is 11.9. The highest BCUT2D eigenvalue weighted by atomic mass is 32.2. The number of carbonyl (C=O) groups excluding carboxylic acids is 2. The minimum absolute atomic E-state index is 0.0439. The zero-order valence-electron chi connectivity index (χ0n) is 25.5. The molecule has 2 aromatic carbocycles. The van der Waals surface area contributed by atoms with Crippen LogP contribution in [-0.2, 0) is 26.0 Å². The molecule has 0 aliphatic heterocycles. The van der Waals surface area contributed by atoms with Gasteiger partial charge in [0.2, 0.25) is 15.9 Å². The zero-order chi connectivity index (χ0) is 31.5. The number of hydrogen-bond donors (Lipinski definition) is 3. The first-order valence-electron chi connectivity index (χ1n) is 14.3. The van der Waals surface area contributed by atoms with Crippen LogP contribution in [0, 0.1) is 18.7 Å². The van der Waals surface area contributed by atoms with Crippen LogP contribution in [0.5, 0.6) is 0 Å². The number of nitrogens with one attached hydrogen (secondary N) is 2. The minimum atomic E-state index is -3.83. The number of halogens is 1. The quantitative estimate of drug-likeness (QED) is 0.255. The Balaban J connectivity index is 2.03. The van der Waals surface area contributed by atoms with Gasteiger partial charge in [-0.25, -0.2) is 17.6 Å². The summed E-state index contributed by atoms with van der Waals surface area (Å²) in [5.74, 6) is -0.934. The topological polar surface area (TPSA) is 125 Å². The lowest BCUT2D eigenvalue weighted by Crippen LogP contribution is -2.49. The molecule has 2 aromatic rings. The zero-order valence-corrected chi connectivity index (χ0v) is 26.3. The van der Waals surface area contributed by atoms with Gasteiger partial charge in [0, 0.05) is 25.6 Å². The van der Waals surface area contributed by atoms with Gasteiger partial charge in [0.1, 0.15) is 17.5 Å². The molecule has 0 aromatic heterocycles. The van der Waals surface area contributed by atoms with Crippen molar-refractivity contribution in [2.45, 2.75) is 89.8 Å². The molecule has 0 radical (unpaired) electrons. The van der Waals surface area contributed by atoms with Crippen LogP contribution in [0.4, 0.5) is 9.18 Å². The Labute approximate surface area is 249 Å². The van der Waals surface area contributed by atoms with E-state index < -0.39 is 45.5 Å². The third-order valence-corrected chi connectivity index (χ3v) is 8.38. The van der Waals surface area contributed by atoms with Crippen LogP contribution < -0.4 is 10.6 Å². The molecule has 2 rings (SSSR count). The van der Waals surface area contributed by atoms with E-state index in [1.807, 2.05) is 20.8 Å². The molecule has 9 nitrogen and oxygen atoms in total. The number of nitrogens with zero attached hydrogens (tertiary/aromatic N) is 1. The van der Waals surface area contributed by atoms with Gasteiger partial charge in [0.05, 0.1) is 11.5 Å². The fourth-order valence-corrected chi connectivity index (χ4v) is 6.17. The summed E-state index contributed by atoms with van der Waals surface area (Å²) < 4.78 is 47.9. The van der Waals surface area contributed by atoms with Gasteiger partial charge in [0.15, 0.2) is 0 Å². The standard InChI is InChI=1S/C31H46FN3O6S/c1-22(2)20-35(42(39,40)26-16-14-23(3)15-17-26)25(21-36)12-9-10-18-33-29(37)28(34-30(38)41-31(4,5)6)19-24-11-7-8-13-27(24)32/h7-8,11,13-17,22,25,28,36H,9-10,12,18-21H2,1-6H3,(H,33,37)(H,34,38)/t25-,28-/m0/s1. The molecule has 11 heteroatoms. The van der Waals surface area contributed by atoms with Gasteiger partial charge in [-0.05, 0) is 70.2 Å². The SMILES string of the molecule is Cc1ccc(S(=O)(=O)N(CC(C)C)[C@H](CO)CCCCNC(=O)[C@H](Cc2ccccc2F)NC(=O)OC(C)(C)C)cc1. The highest BCUT2D eigenvalue weighted by Crippen LogP contribution is 2.23. The number of alkyl carbamates (subject to hydrolysis) is 1. The van der Waals surface area contributed by atoms with Crippen molar-refractivity contribution in [1.82, 2.24) is 14.9 Å². The number of sulfonamides is 1. The fourth-order valence-electron chi connectivity index (χ4n) is 4.36. The van der Waals surface area contributed by atoms with Gasteiger partial charge in [-0.15, -0.1) is 0 Å². The molecule has 0 bridgehead atoms. The lowest BCUT2D eigenvalue weighted by atomic mass is 10.0. The predicted molar refractivity (Wildman–Crippen MR) is 161 cm³/mol. The first-order valence-corrected chi connectivity index (χ1v) is 15.8. The van der Waals surface area contributed by atoms with E-state index in [0.29, 0.717) is 19.3 Å². The summed E-state index contributed by atoms with van der Waals surface area (Å²) in [6, 6.07) is 11.0. The van der Waals surface area contributed by atoms with Crippen molar-refractivity contribution in [1.29, 1.82) is 0 Å². The predicted octanol–water partition coefficient (Wildman–Crippen LogP) is 4.56. The molecule has 0 unspecified atom stereocenters. The molecule has 0 heterocycles. The number of aliphatic hydroxyl groups excluding tert-OH is 1. The number of benzene rings is 2. The molecule has 2 amide bonds. The van der Waals surface area contributed by atoms with Crippen LogP contribution in [0.3, 0.4) is 0 Å². The first-order chi connectivity index (χ1) is 19.6. The summed E-state index contributed by atoms with van der Waals surface area (Å²) in [6.45, 7) is 11.0. The Hall–Kier alpha value is -3.02. The minimum Gasteiger partial charge on any atom is -0.444 e. The maximum atomic E-state index is 14.3. The molecule has 0 fully saturated rings. The Morgan fingerprint density at radius 1 is 1.05 bits per heavy atom. The molecule has 0 saturated heterocycles. The van der Waals surface area contributed by atoms with E-state index in [2.05, 4.69) is 10.6 Å². The number of aliphatic hydroxyl groups is 1. The molecular weight excluding hydrogens is 561 g/mol. The fraction of sp³-hybridized carbons (Fsp3) is 0.548. The number of hydrogen-bond acceptors (Lipinski definition) is 6. The van der Waals surface area contributed by atoms with Gasteiger partial charge in [-0.1, -0.05) is 56.2 Å². The van der Waals surface area contributed by atoms with Crippen LogP contribution in [0.2, 0.25) is 0 Å². The maximum absolute atomic E-state index is 14.3. The molecule has 0 saturated carbocycles. The van der Waals surface area contributed by atoms with E-state index in [9.17, 15) is 27.5 Å². The van der Waals surface area contributed by atoms with Crippen molar-refractivity contribution in [3.63, 3.8) is 0 Å². The van der Waals surface area contributed by atoms with Crippen LogP contribution in [-0.4, -0.2) is 67.2 Å². The monoisotopic (exact) mass is 607 g/mol. The van der Waals surface area contributed by atoms with Crippen LogP contribution in [0.1, 0.15) is 65.0 Å². The Morgan fingerprint density at radius 3 is 2.26 bits per heavy atom. The molecule has 0 aliphatic rings. The number of aryl methyl sites for hydroxylation is 1. The Morgan fingerprint density at radius 2 is 1.69 bits per heavy atom. The van der Waals surface area contributed by atoms with E-state index in [1.54, 1.807) is 63.2 Å². The summed E-state index contributed by atoms with van der Waals surface area (Å²) in [7, 11) is -3.83. The third-order valence-electron chi connectivity index (χ3n) is 6.44. The highest BCUT2D eigenvalue weighted by molar-refractivity contribution is 7.89. The van der Waals surface area contributed by atoms with Gasteiger partial charge in [-0.3, -0.25) is 4.79 Å². The molecule has 234 valence electrons. The Bertz CT molecular complexity index is 1260. The van der Waals surface area contributed by atoms with Crippen molar-refractivity contribution >= 4 is 22.0 Å². The molecule has 0 spiro atoms. The van der Waals surface area contributed by atoms with Crippen molar-refractivity contribution < 1.29 is 32.2 Å². The summed E-state index contributed by atoms with van der Waals surface area (Å²) in [4.78, 5) is 25.6. The van der Waals surface area contributed by atoms with E-state index in [4.69, 9.17) is 4.74 Å². The summed E-state index contributed by atoms with van der Waals surface area (Å²) in [5.41, 5.74) is 0.449. The second-order valence-corrected chi connectivity index (χ2v) is 13.8. The van der Waals surface area contributed by atoms with Gasteiger partial charge < -0.3 is 20.5 Å². The van der Waals surface area contributed by atoms with E-state index in [1.165, 1.54) is 10.4 Å². The average molecular weight is 608 g/mol. The van der Waals surface area contributed by atoms with E-state index in [0.717, 1.165) is 5.56 Å². The number of rotatable bonds is 15. The van der Waals surface area contributed by atoms with Crippen molar-refractivity contribution in [3.8, 4) is 0 Å². The Kier molecular flexibility index (Phi) is 13.4. The third kappa shape index (κ3) is 11.3. The number of ether oxygens (including phenoxy) is 1. The normalized spacial score (nSPS) is 13.6. The molecular formula is C31H46FN3O6S. The van der Waals surface area contributed by atoms with Gasteiger partial charge >= 0.3 is 6.09 Å². The van der Waals surface area contributed by atoms with Gasteiger partial charge in [0.25, 0.3) is 0 Å².